The van der Waals surface area contributed by atoms with E-state index in [2.05, 4.69) is 26.6 Å². The minimum absolute atomic E-state index is 0.489. The number of nitrogens with zero attached hydrogens (tertiary/aromatic N) is 5. The summed E-state index contributed by atoms with van der Waals surface area (Å²) < 4.78 is 4.01. The Balaban J connectivity index is 2.24. The molecule has 2 rings (SSSR count). The van der Waals surface area contributed by atoms with Crippen LogP contribution >= 0.6 is 0 Å². The molecule has 6 heteroatoms. The lowest BCUT2D eigenvalue weighted by molar-refractivity contribution is 0.546. The fourth-order valence-corrected chi connectivity index (χ4v) is 1.84. The Kier molecular flexibility index (Phi) is 3.53. The van der Waals surface area contributed by atoms with Crippen LogP contribution < -0.4 is 5.73 Å². The Labute approximate surface area is 100 Å². The second-order valence-corrected chi connectivity index (χ2v) is 3.99. The Morgan fingerprint density at radius 1 is 1.35 bits per heavy atom. The summed E-state index contributed by atoms with van der Waals surface area (Å²) in [4.78, 5) is 8.56. The molecule has 2 heterocycles. The highest BCUT2D eigenvalue weighted by Crippen LogP contribution is 2.07. The quantitative estimate of drug-likeness (QED) is 0.826. The highest BCUT2D eigenvalue weighted by atomic mass is 15.3. The summed E-state index contributed by atoms with van der Waals surface area (Å²) in [5.41, 5.74) is 6.71. The number of aromatic nitrogens is 5. The first-order valence-corrected chi connectivity index (χ1v) is 5.84. The zero-order chi connectivity index (χ0) is 12.3. The minimum Gasteiger partial charge on any atom is -0.325 e. The van der Waals surface area contributed by atoms with Crippen molar-refractivity contribution in [3.8, 4) is 0 Å². The predicted molar refractivity (Wildman–Crippen MR) is 64.3 cm³/mol. The molecule has 0 aromatic carbocycles. The summed E-state index contributed by atoms with van der Waals surface area (Å²) in [7, 11) is 0. The van der Waals surface area contributed by atoms with Crippen molar-refractivity contribution in [1.29, 1.82) is 0 Å². The third kappa shape index (κ3) is 2.36. The van der Waals surface area contributed by atoms with Crippen molar-refractivity contribution in [1.82, 2.24) is 24.3 Å². The van der Waals surface area contributed by atoms with Crippen LogP contribution in [0.15, 0.2) is 12.5 Å². The minimum atomic E-state index is 0.489. The Bertz CT molecular complexity index is 484. The van der Waals surface area contributed by atoms with Gasteiger partial charge in [0.25, 0.3) is 0 Å². The maximum Gasteiger partial charge on any atom is 0.146 e. The second-order valence-electron chi connectivity index (χ2n) is 3.99. The number of nitrogens with two attached hydrogens (primary N) is 1. The summed E-state index contributed by atoms with van der Waals surface area (Å²) >= 11 is 0. The average Bonchev–Trinajstić information content (AvgIpc) is 2.89. The van der Waals surface area contributed by atoms with Gasteiger partial charge < -0.3 is 10.3 Å². The van der Waals surface area contributed by atoms with Crippen molar-refractivity contribution >= 4 is 0 Å². The molecule has 0 amide bonds. The van der Waals surface area contributed by atoms with Crippen LogP contribution in [-0.4, -0.2) is 24.3 Å². The molecule has 0 radical (unpaired) electrons. The van der Waals surface area contributed by atoms with E-state index in [1.165, 1.54) is 0 Å². The van der Waals surface area contributed by atoms with Crippen molar-refractivity contribution in [3.05, 3.63) is 29.9 Å². The molecule has 2 aromatic rings. The van der Waals surface area contributed by atoms with Crippen LogP contribution in [0.2, 0.25) is 0 Å². The van der Waals surface area contributed by atoms with Gasteiger partial charge >= 0.3 is 0 Å². The van der Waals surface area contributed by atoms with E-state index >= 15 is 0 Å². The van der Waals surface area contributed by atoms with Gasteiger partial charge in [-0.25, -0.2) is 14.6 Å². The van der Waals surface area contributed by atoms with Gasteiger partial charge in [-0.05, 0) is 13.3 Å². The van der Waals surface area contributed by atoms with Gasteiger partial charge in [-0.3, -0.25) is 0 Å². The first-order chi connectivity index (χ1) is 8.26. The number of imidazole rings is 1. The third-order valence-corrected chi connectivity index (χ3v) is 2.78. The monoisotopic (exact) mass is 234 g/mol. The van der Waals surface area contributed by atoms with E-state index in [-0.39, 0.29) is 0 Å². The maximum absolute atomic E-state index is 5.69. The van der Waals surface area contributed by atoms with Gasteiger partial charge in [0.1, 0.15) is 18.0 Å². The van der Waals surface area contributed by atoms with E-state index in [9.17, 15) is 0 Å². The van der Waals surface area contributed by atoms with Crippen LogP contribution in [0.4, 0.5) is 0 Å². The van der Waals surface area contributed by atoms with Gasteiger partial charge in [0, 0.05) is 19.3 Å². The lowest BCUT2D eigenvalue weighted by atomic mass is 10.4. The van der Waals surface area contributed by atoms with Crippen molar-refractivity contribution in [2.45, 2.75) is 39.9 Å². The summed E-state index contributed by atoms with van der Waals surface area (Å²) in [6, 6.07) is 0. The van der Waals surface area contributed by atoms with E-state index in [0.29, 0.717) is 13.1 Å². The Morgan fingerprint density at radius 2 is 2.18 bits per heavy atom. The van der Waals surface area contributed by atoms with Gasteiger partial charge in [-0.1, -0.05) is 6.92 Å². The lowest BCUT2D eigenvalue weighted by Gasteiger charge is -2.09. The van der Waals surface area contributed by atoms with E-state index in [0.717, 1.165) is 30.3 Å². The van der Waals surface area contributed by atoms with Gasteiger partial charge in [0.15, 0.2) is 0 Å². The second kappa shape index (κ2) is 5.09. The number of hydrogen-bond acceptors (Lipinski definition) is 4. The first-order valence-electron chi connectivity index (χ1n) is 5.84. The molecule has 0 saturated carbocycles. The van der Waals surface area contributed by atoms with Crippen LogP contribution in [0.5, 0.6) is 0 Å². The van der Waals surface area contributed by atoms with Crippen LogP contribution in [0.1, 0.15) is 30.7 Å². The summed E-state index contributed by atoms with van der Waals surface area (Å²) in [6.07, 6.45) is 4.46. The molecule has 0 atom stereocenters. The summed E-state index contributed by atoms with van der Waals surface area (Å²) in [6.45, 7) is 6.15. The molecule has 0 aliphatic rings. The van der Waals surface area contributed by atoms with E-state index in [1.807, 2.05) is 17.8 Å². The van der Waals surface area contributed by atoms with Crippen molar-refractivity contribution in [2.24, 2.45) is 5.73 Å². The molecular weight excluding hydrogens is 216 g/mol. The zero-order valence-electron chi connectivity index (χ0n) is 10.3. The molecule has 0 saturated heterocycles. The standard InChI is InChI=1S/C11H18N6/c1-3-4-17-11(14-8-15-17)7-16-9(2)13-6-10(16)5-12/h6,8H,3-5,7,12H2,1-2H3. The smallest absolute Gasteiger partial charge is 0.146 e. The zero-order valence-corrected chi connectivity index (χ0v) is 10.3. The SMILES string of the molecule is CCCn1ncnc1Cn1c(CN)cnc1C. The predicted octanol–water partition coefficient (Wildman–Crippen LogP) is 0.700. The lowest BCUT2D eigenvalue weighted by Crippen LogP contribution is -2.14. The van der Waals surface area contributed by atoms with E-state index < -0.39 is 0 Å². The maximum atomic E-state index is 5.69. The summed E-state index contributed by atoms with van der Waals surface area (Å²) in [5, 5.41) is 4.21. The van der Waals surface area contributed by atoms with Gasteiger partial charge in [-0.15, -0.1) is 0 Å². The molecule has 0 aliphatic carbocycles. The number of aryl methyl sites for hydroxylation is 2. The van der Waals surface area contributed by atoms with Crippen molar-refractivity contribution in [2.75, 3.05) is 0 Å². The molecule has 2 aromatic heterocycles. The van der Waals surface area contributed by atoms with Crippen molar-refractivity contribution in [3.63, 3.8) is 0 Å². The van der Waals surface area contributed by atoms with Gasteiger partial charge in [0.2, 0.25) is 0 Å². The van der Waals surface area contributed by atoms with Crippen molar-refractivity contribution < 1.29 is 0 Å². The molecule has 0 aliphatic heterocycles. The average molecular weight is 234 g/mol. The highest BCUT2D eigenvalue weighted by molar-refractivity contribution is 5.06. The third-order valence-electron chi connectivity index (χ3n) is 2.78. The van der Waals surface area contributed by atoms with Crippen LogP contribution in [0.3, 0.4) is 0 Å². The fourth-order valence-electron chi connectivity index (χ4n) is 1.84. The van der Waals surface area contributed by atoms with Gasteiger partial charge in [-0.2, -0.15) is 5.10 Å². The largest absolute Gasteiger partial charge is 0.325 e. The molecule has 2 N–H and O–H groups in total. The fraction of sp³-hybridized carbons (Fsp3) is 0.545. The normalized spacial score (nSPS) is 11.0. The number of rotatable bonds is 5. The summed E-state index contributed by atoms with van der Waals surface area (Å²) in [5.74, 6) is 1.90. The van der Waals surface area contributed by atoms with Crippen LogP contribution in [0, 0.1) is 6.92 Å². The molecule has 0 bridgehead atoms. The topological polar surface area (TPSA) is 74.5 Å². The van der Waals surface area contributed by atoms with Gasteiger partial charge in [0.05, 0.1) is 12.2 Å². The highest BCUT2D eigenvalue weighted by Gasteiger charge is 2.09. The molecular formula is C11H18N6. The molecule has 0 fully saturated rings. The molecule has 0 unspecified atom stereocenters. The number of hydrogen-bond donors (Lipinski definition) is 1. The van der Waals surface area contributed by atoms with E-state index in [4.69, 9.17) is 5.73 Å². The molecule has 17 heavy (non-hydrogen) atoms. The molecule has 6 nitrogen and oxygen atoms in total. The van der Waals surface area contributed by atoms with Crippen LogP contribution in [-0.2, 0) is 19.6 Å². The molecule has 0 spiro atoms. The molecule has 92 valence electrons. The Hall–Kier alpha value is -1.69. The van der Waals surface area contributed by atoms with E-state index in [1.54, 1.807) is 6.33 Å². The first kappa shape index (κ1) is 11.8. The Morgan fingerprint density at radius 3 is 2.88 bits per heavy atom. The van der Waals surface area contributed by atoms with Crippen LogP contribution in [0.25, 0.3) is 0 Å².